The number of carbonyl (C=O) groups excluding carboxylic acids is 1. The number of benzene rings is 1. The number of amides is 1. The number of halogens is 3. The normalized spacial score (nSPS) is 17.2. The maximum absolute atomic E-state index is 12.8. The molecule has 1 fully saturated rings. The first-order valence-electron chi connectivity index (χ1n) is 10.3. The maximum atomic E-state index is 12.8. The third-order valence-electron chi connectivity index (χ3n) is 5.47. The molecule has 1 aromatic carbocycles. The van der Waals surface area contributed by atoms with Crippen molar-refractivity contribution in [1.29, 1.82) is 0 Å². The van der Waals surface area contributed by atoms with Gasteiger partial charge in [-0.1, -0.05) is 13.0 Å². The summed E-state index contributed by atoms with van der Waals surface area (Å²) in [4.78, 5) is 15.1. The largest absolute Gasteiger partial charge is 0.405 e. The van der Waals surface area contributed by atoms with Gasteiger partial charge in [-0.3, -0.25) is 9.69 Å². The van der Waals surface area contributed by atoms with Crippen LogP contribution in [-0.4, -0.2) is 51.6 Å². The molecule has 6 nitrogen and oxygen atoms in total. The van der Waals surface area contributed by atoms with E-state index in [0.29, 0.717) is 5.92 Å². The molecule has 0 bridgehead atoms. The number of sulfonamides is 1. The molecule has 0 saturated carbocycles. The first-order chi connectivity index (χ1) is 15.0. The molecule has 32 heavy (non-hydrogen) atoms. The zero-order chi connectivity index (χ0) is 23.4. The molecule has 0 aliphatic carbocycles. The number of nitrogens with zero attached hydrogens (tertiary/aromatic N) is 1. The quantitative estimate of drug-likeness (QED) is 0.592. The van der Waals surface area contributed by atoms with E-state index in [4.69, 9.17) is 0 Å². The molecule has 11 heteroatoms. The van der Waals surface area contributed by atoms with Crippen LogP contribution in [0.2, 0.25) is 0 Å². The topological polar surface area (TPSA) is 78.5 Å². The summed E-state index contributed by atoms with van der Waals surface area (Å²) in [5, 5.41) is 3.72. The lowest BCUT2D eigenvalue weighted by Crippen LogP contribution is -2.41. The van der Waals surface area contributed by atoms with Crippen molar-refractivity contribution in [2.45, 2.75) is 36.9 Å². The van der Waals surface area contributed by atoms with E-state index in [1.165, 1.54) is 24.3 Å². The smallest absolute Gasteiger partial charge is 0.343 e. The molecule has 0 spiro atoms. The number of rotatable bonds is 8. The van der Waals surface area contributed by atoms with Crippen molar-refractivity contribution >= 4 is 27.3 Å². The minimum atomic E-state index is -4.52. The van der Waals surface area contributed by atoms with Gasteiger partial charge >= 0.3 is 6.18 Å². The first-order valence-corrected chi connectivity index (χ1v) is 12.6. The van der Waals surface area contributed by atoms with Crippen LogP contribution >= 0.6 is 11.3 Å². The van der Waals surface area contributed by atoms with Crippen LogP contribution in [0, 0.1) is 5.92 Å². The number of piperidine rings is 1. The summed E-state index contributed by atoms with van der Waals surface area (Å²) < 4.78 is 65.0. The zero-order valence-electron chi connectivity index (χ0n) is 17.6. The Morgan fingerprint density at radius 1 is 1.19 bits per heavy atom. The highest BCUT2D eigenvalue weighted by Crippen LogP contribution is 2.29. The fourth-order valence-electron chi connectivity index (χ4n) is 3.57. The van der Waals surface area contributed by atoms with E-state index in [-0.39, 0.29) is 23.0 Å². The van der Waals surface area contributed by atoms with Crippen LogP contribution in [0.3, 0.4) is 0 Å². The minimum Gasteiger partial charge on any atom is -0.343 e. The average molecular weight is 490 g/mol. The highest BCUT2D eigenvalue weighted by atomic mass is 32.2. The fourth-order valence-corrected chi connectivity index (χ4v) is 5.47. The molecule has 1 aliphatic rings. The van der Waals surface area contributed by atoms with E-state index in [1.54, 1.807) is 16.7 Å². The van der Waals surface area contributed by atoms with Crippen LogP contribution in [0.15, 0.2) is 46.7 Å². The third-order valence-corrected chi connectivity index (χ3v) is 7.89. The van der Waals surface area contributed by atoms with Crippen molar-refractivity contribution < 1.29 is 26.4 Å². The zero-order valence-corrected chi connectivity index (χ0v) is 19.2. The first kappa shape index (κ1) is 24.7. The Kier molecular flexibility index (Phi) is 7.97. The van der Waals surface area contributed by atoms with Gasteiger partial charge in [0.1, 0.15) is 6.54 Å². The molecule has 2 aromatic rings. The molecule has 1 aromatic heterocycles. The van der Waals surface area contributed by atoms with Crippen molar-refractivity contribution in [3.8, 4) is 0 Å². The van der Waals surface area contributed by atoms with Crippen LogP contribution in [0.25, 0.3) is 0 Å². The second-order valence-corrected chi connectivity index (χ2v) is 10.7. The molecule has 2 heterocycles. The number of alkyl halides is 3. The molecule has 1 saturated heterocycles. The van der Waals surface area contributed by atoms with Gasteiger partial charge in [0.15, 0.2) is 0 Å². The third kappa shape index (κ3) is 6.77. The fraction of sp³-hybridized carbons (Fsp3) is 0.476. The van der Waals surface area contributed by atoms with E-state index in [0.717, 1.165) is 30.8 Å². The standard InChI is InChI=1S/C21H26F3N3O3S2/c1-15-8-10-27(11-9-15)18(19-3-2-12-31-19)13-26-32(29,30)17-6-4-16(5-7-17)20(28)25-14-21(22,23)24/h2-7,12,15,18,26H,8-11,13-14H2,1H3,(H,25,28)/t18-/m0/s1. The predicted octanol–water partition coefficient (Wildman–Crippen LogP) is 3.79. The Bertz CT molecular complexity index is 986. The van der Waals surface area contributed by atoms with Gasteiger partial charge < -0.3 is 5.32 Å². The van der Waals surface area contributed by atoms with Crippen LogP contribution < -0.4 is 10.0 Å². The van der Waals surface area contributed by atoms with Gasteiger partial charge in [0.2, 0.25) is 10.0 Å². The molecule has 176 valence electrons. The lowest BCUT2D eigenvalue weighted by Gasteiger charge is -2.36. The summed E-state index contributed by atoms with van der Waals surface area (Å²) in [6.45, 7) is 2.76. The van der Waals surface area contributed by atoms with Crippen LogP contribution in [-0.2, 0) is 10.0 Å². The van der Waals surface area contributed by atoms with Gasteiger partial charge in [0, 0.05) is 17.0 Å². The average Bonchev–Trinajstić information content (AvgIpc) is 3.27. The van der Waals surface area contributed by atoms with Gasteiger partial charge in [-0.2, -0.15) is 13.2 Å². The molecule has 1 amide bonds. The number of hydrogen-bond donors (Lipinski definition) is 2. The summed E-state index contributed by atoms with van der Waals surface area (Å²) in [5.74, 6) is -0.268. The van der Waals surface area contributed by atoms with Crippen LogP contribution in [0.5, 0.6) is 0 Å². The van der Waals surface area contributed by atoms with Crippen molar-refractivity contribution in [3.05, 3.63) is 52.2 Å². The van der Waals surface area contributed by atoms with Gasteiger partial charge in [-0.05, 0) is 67.6 Å². The van der Waals surface area contributed by atoms with Gasteiger partial charge in [0.05, 0.1) is 10.9 Å². The van der Waals surface area contributed by atoms with E-state index in [9.17, 15) is 26.4 Å². The Balaban J connectivity index is 1.66. The molecule has 1 atom stereocenters. The molecular formula is C21H26F3N3O3S2. The Morgan fingerprint density at radius 2 is 1.84 bits per heavy atom. The summed E-state index contributed by atoms with van der Waals surface area (Å²) in [7, 11) is -3.86. The van der Waals surface area contributed by atoms with Gasteiger partial charge in [-0.15, -0.1) is 11.3 Å². The maximum Gasteiger partial charge on any atom is 0.405 e. The molecule has 0 radical (unpaired) electrons. The van der Waals surface area contributed by atoms with E-state index in [2.05, 4.69) is 16.5 Å². The molecule has 0 unspecified atom stereocenters. The Labute approximate surface area is 189 Å². The molecule has 3 rings (SSSR count). The van der Waals surface area contributed by atoms with Crippen LogP contribution in [0.4, 0.5) is 13.2 Å². The predicted molar refractivity (Wildman–Crippen MR) is 117 cm³/mol. The summed E-state index contributed by atoms with van der Waals surface area (Å²) in [6.07, 6.45) is -2.40. The van der Waals surface area contributed by atoms with E-state index >= 15 is 0 Å². The monoisotopic (exact) mass is 489 g/mol. The molecular weight excluding hydrogens is 463 g/mol. The lowest BCUT2D eigenvalue weighted by atomic mass is 9.97. The van der Waals surface area contributed by atoms with Gasteiger partial charge in [-0.25, -0.2) is 13.1 Å². The van der Waals surface area contributed by atoms with Crippen molar-refractivity contribution in [2.24, 2.45) is 5.92 Å². The molecule has 1 aliphatic heterocycles. The summed E-state index contributed by atoms with van der Waals surface area (Å²) >= 11 is 1.58. The number of thiophene rings is 1. The van der Waals surface area contributed by atoms with Crippen molar-refractivity contribution in [1.82, 2.24) is 14.9 Å². The Morgan fingerprint density at radius 3 is 2.41 bits per heavy atom. The van der Waals surface area contributed by atoms with Crippen molar-refractivity contribution in [3.63, 3.8) is 0 Å². The number of likely N-dealkylation sites (tertiary alicyclic amines) is 1. The summed E-state index contributed by atoms with van der Waals surface area (Å²) in [6, 6.07) is 8.68. The highest BCUT2D eigenvalue weighted by Gasteiger charge is 2.29. The van der Waals surface area contributed by atoms with E-state index in [1.807, 2.05) is 17.5 Å². The highest BCUT2D eigenvalue weighted by molar-refractivity contribution is 7.89. The second-order valence-electron chi connectivity index (χ2n) is 7.92. The second kappa shape index (κ2) is 10.3. The number of hydrogen-bond acceptors (Lipinski definition) is 5. The van der Waals surface area contributed by atoms with E-state index < -0.39 is 28.7 Å². The lowest BCUT2D eigenvalue weighted by molar-refractivity contribution is -0.123. The van der Waals surface area contributed by atoms with Crippen molar-refractivity contribution in [2.75, 3.05) is 26.2 Å². The minimum absolute atomic E-state index is 0.0490. The van der Waals surface area contributed by atoms with Crippen LogP contribution in [0.1, 0.15) is 41.0 Å². The number of carbonyl (C=O) groups is 1. The van der Waals surface area contributed by atoms with Gasteiger partial charge in [0.25, 0.3) is 5.91 Å². The molecule has 2 N–H and O–H groups in total. The number of nitrogens with one attached hydrogen (secondary N) is 2. The summed E-state index contributed by atoms with van der Waals surface area (Å²) in [5.41, 5.74) is -0.0490. The SMILES string of the molecule is CC1CCN([C@@H](CNS(=O)(=O)c2ccc(C(=O)NCC(F)(F)F)cc2)c2cccs2)CC1. The Hall–Kier alpha value is -1.95.